The summed E-state index contributed by atoms with van der Waals surface area (Å²) in [5, 5.41) is 3.69. The third-order valence-electron chi connectivity index (χ3n) is 4.13. The topological polar surface area (TPSA) is 49.4 Å². The minimum absolute atomic E-state index is 0.00711. The molecule has 1 aromatic carbocycles. The predicted molar refractivity (Wildman–Crippen MR) is 87.4 cm³/mol. The predicted octanol–water partition coefficient (Wildman–Crippen LogP) is 3.13. The number of rotatable bonds is 2. The van der Waals surface area contributed by atoms with Gasteiger partial charge in [-0.2, -0.15) is 4.31 Å². The number of benzene rings is 1. The Morgan fingerprint density at radius 2 is 1.90 bits per heavy atom. The van der Waals surface area contributed by atoms with Gasteiger partial charge < -0.3 is 5.32 Å². The van der Waals surface area contributed by atoms with E-state index in [9.17, 15) is 8.42 Å². The SMILES string of the molecule is O=S(=O)(c1c(Cl)cc(Br)cc1Cl)N1C[C@@H]2CCCN[C@@H]2C1. The second-order valence-corrected chi connectivity index (χ2v) is 9.09. The number of fused-ring (bicyclic) bond motifs is 1. The van der Waals surface area contributed by atoms with Gasteiger partial charge in [0.2, 0.25) is 10.0 Å². The molecule has 0 bridgehead atoms. The van der Waals surface area contributed by atoms with E-state index in [0.717, 1.165) is 19.4 Å². The molecule has 2 saturated heterocycles. The Hall–Kier alpha value is 0.150. The Labute approximate surface area is 143 Å². The van der Waals surface area contributed by atoms with Crippen molar-refractivity contribution in [3.63, 3.8) is 0 Å². The van der Waals surface area contributed by atoms with E-state index in [1.807, 2.05) is 0 Å². The summed E-state index contributed by atoms with van der Waals surface area (Å²) in [5.74, 6) is 0.376. The quantitative estimate of drug-likeness (QED) is 0.810. The molecule has 8 heteroatoms. The molecule has 0 saturated carbocycles. The molecule has 2 fully saturated rings. The molecule has 3 rings (SSSR count). The lowest BCUT2D eigenvalue weighted by Crippen LogP contribution is -2.41. The first-order valence-corrected chi connectivity index (χ1v) is 9.76. The van der Waals surface area contributed by atoms with Crippen LogP contribution in [0.3, 0.4) is 0 Å². The molecule has 1 aromatic rings. The van der Waals surface area contributed by atoms with Gasteiger partial charge in [0.25, 0.3) is 0 Å². The largest absolute Gasteiger partial charge is 0.312 e. The number of hydrogen-bond donors (Lipinski definition) is 1. The molecule has 0 unspecified atom stereocenters. The Balaban J connectivity index is 1.95. The van der Waals surface area contributed by atoms with Gasteiger partial charge in [-0.25, -0.2) is 8.42 Å². The summed E-state index contributed by atoms with van der Waals surface area (Å²) in [6.07, 6.45) is 2.15. The maximum atomic E-state index is 12.8. The van der Waals surface area contributed by atoms with Gasteiger partial charge in [-0.05, 0) is 37.4 Å². The average Bonchev–Trinajstić information content (AvgIpc) is 2.81. The lowest BCUT2D eigenvalue weighted by molar-refractivity contribution is 0.339. The van der Waals surface area contributed by atoms with Gasteiger partial charge in [0.1, 0.15) is 4.90 Å². The monoisotopic (exact) mass is 412 g/mol. The fourth-order valence-corrected chi connectivity index (χ4v) is 6.51. The fourth-order valence-electron chi connectivity index (χ4n) is 3.11. The van der Waals surface area contributed by atoms with Gasteiger partial charge in [0, 0.05) is 23.6 Å². The Bertz CT molecular complexity index is 631. The van der Waals surface area contributed by atoms with E-state index in [-0.39, 0.29) is 21.0 Å². The number of halogens is 3. The highest BCUT2D eigenvalue weighted by molar-refractivity contribution is 9.10. The second-order valence-electron chi connectivity index (χ2n) is 5.48. The Morgan fingerprint density at radius 1 is 1.24 bits per heavy atom. The number of nitrogens with zero attached hydrogens (tertiary/aromatic N) is 1. The molecule has 0 radical (unpaired) electrons. The molecule has 0 aliphatic carbocycles. The molecule has 0 amide bonds. The van der Waals surface area contributed by atoms with Crippen molar-refractivity contribution in [2.75, 3.05) is 19.6 Å². The highest BCUT2D eigenvalue weighted by Gasteiger charge is 2.41. The first-order valence-electron chi connectivity index (χ1n) is 6.77. The van der Waals surface area contributed by atoms with Gasteiger partial charge in [0.15, 0.2) is 0 Å². The van der Waals surface area contributed by atoms with E-state index in [0.29, 0.717) is 23.5 Å². The van der Waals surface area contributed by atoms with Crippen LogP contribution in [-0.4, -0.2) is 38.4 Å². The van der Waals surface area contributed by atoms with Crippen molar-refractivity contribution in [2.24, 2.45) is 5.92 Å². The van der Waals surface area contributed by atoms with Crippen molar-refractivity contribution in [1.82, 2.24) is 9.62 Å². The standard InChI is InChI=1S/C13H15BrCl2N2O2S/c14-9-4-10(15)13(11(16)5-9)21(19,20)18-6-8-2-1-3-17-12(8)7-18/h4-5,8,12,17H,1-3,6-7H2/t8-,12+/m0/s1. The molecule has 1 N–H and O–H groups in total. The molecule has 2 aliphatic heterocycles. The Morgan fingerprint density at radius 3 is 2.52 bits per heavy atom. The minimum atomic E-state index is -3.67. The molecule has 116 valence electrons. The van der Waals surface area contributed by atoms with Crippen LogP contribution in [0.4, 0.5) is 0 Å². The first-order chi connectivity index (χ1) is 9.89. The first kappa shape index (κ1) is 16.0. The maximum Gasteiger partial charge on any atom is 0.246 e. The zero-order chi connectivity index (χ0) is 15.2. The van der Waals surface area contributed by atoms with Crippen LogP contribution in [0, 0.1) is 5.92 Å². The zero-order valence-corrected chi connectivity index (χ0v) is 15.1. The molecule has 2 heterocycles. The molecule has 21 heavy (non-hydrogen) atoms. The van der Waals surface area contributed by atoms with Gasteiger partial charge in [-0.3, -0.25) is 0 Å². The number of piperidine rings is 1. The number of nitrogens with one attached hydrogen (secondary N) is 1. The molecular formula is C13H15BrCl2N2O2S. The normalized spacial score (nSPS) is 26.8. The van der Waals surface area contributed by atoms with Crippen molar-refractivity contribution >= 4 is 49.2 Å². The summed E-state index contributed by atoms with van der Waals surface area (Å²) >= 11 is 15.5. The summed E-state index contributed by atoms with van der Waals surface area (Å²) in [4.78, 5) is 0.00711. The van der Waals surface area contributed by atoms with E-state index in [1.165, 1.54) is 4.31 Å². The van der Waals surface area contributed by atoms with Gasteiger partial charge in [-0.1, -0.05) is 39.1 Å². The smallest absolute Gasteiger partial charge is 0.246 e. The lowest BCUT2D eigenvalue weighted by Gasteiger charge is -2.24. The summed E-state index contributed by atoms with van der Waals surface area (Å²) in [7, 11) is -3.67. The van der Waals surface area contributed by atoms with Crippen LogP contribution in [-0.2, 0) is 10.0 Å². The van der Waals surface area contributed by atoms with Crippen LogP contribution in [0.5, 0.6) is 0 Å². The maximum absolute atomic E-state index is 12.8. The molecule has 0 spiro atoms. The molecule has 2 atom stereocenters. The van der Waals surface area contributed by atoms with Crippen LogP contribution in [0.1, 0.15) is 12.8 Å². The van der Waals surface area contributed by atoms with Crippen LogP contribution in [0.15, 0.2) is 21.5 Å². The van der Waals surface area contributed by atoms with E-state index in [4.69, 9.17) is 23.2 Å². The molecule has 2 aliphatic rings. The van der Waals surface area contributed by atoms with Crippen LogP contribution in [0.25, 0.3) is 0 Å². The highest BCUT2D eigenvalue weighted by atomic mass is 79.9. The van der Waals surface area contributed by atoms with Crippen molar-refractivity contribution in [3.05, 3.63) is 26.7 Å². The van der Waals surface area contributed by atoms with Crippen molar-refractivity contribution in [3.8, 4) is 0 Å². The third kappa shape index (κ3) is 2.99. The zero-order valence-electron chi connectivity index (χ0n) is 11.2. The fraction of sp³-hybridized carbons (Fsp3) is 0.538. The minimum Gasteiger partial charge on any atom is -0.312 e. The summed E-state index contributed by atoms with van der Waals surface area (Å²) in [6, 6.07) is 3.35. The van der Waals surface area contributed by atoms with Crippen molar-refractivity contribution < 1.29 is 8.42 Å². The Kier molecular flexibility index (Phi) is 4.56. The van der Waals surface area contributed by atoms with Crippen molar-refractivity contribution in [1.29, 1.82) is 0 Å². The van der Waals surface area contributed by atoms with E-state index in [1.54, 1.807) is 12.1 Å². The van der Waals surface area contributed by atoms with E-state index < -0.39 is 10.0 Å². The van der Waals surface area contributed by atoms with Gasteiger partial charge >= 0.3 is 0 Å². The summed E-state index contributed by atoms with van der Waals surface area (Å²) in [6.45, 7) is 1.97. The lowest BCUT2D eigenvalue weighted by atomic mass is 9.94. The summed E-state index contributed by atoms with van der Waals surface area (Å²) < 4.78 is 27.9. The average molecular weight is 414 g/mol. The van der Waals surface area contributed by atoms with Gasteiger partial charge in [0.05, 0.1) is 10.0 Å². The van der Waals surface area contributed by atoms with Crippen molar-refractivity contribution in [2.45, 2.75) is 23.8 Å². The van der Waals surface area contributed by atoms with E-state index >= 15 is 0 Å². The highest BCUT2D eigenvalue weighted by Crippen LogP contribution is 2.37. The number of sulfonamides is 1. The number of hydrogen-bond acceptors (Lipinski definition) is 3. The van der Waals surface area contributed by atoms with Crippen LogP contribution in [0.2, 0.25) is 10.0 Å². The summed E-state index contributed by atoms with van der Waals surface area (Å²) in [5.41, 5.74) is 0. The molecule has 4 nitrogen and oxygen atoms in total. The molecule has 0 aromatic heterocycles. The van der Waals surface area contributed by atoms with Crippen LogP contribution >= 0.6 is 39.1 Å². The van der Waals surface area contributed by atoms with Gasteiger partial charge in [-0.15, -0.1) is 0 Å². The second kappa shape index (κ2) is 5.98. The molecular weight excluding hydrogens is 399 g/mol. The third-order valence-corrected chi connectivity index (χ3v) is 7.34. The van der Waals surface area contributed by atoms with E-state index in [2.05, 4.69) is 21.2 Å². The van der Waals surface area contributed by atoms with Crippen LogP contribution < -0.4 is 5.32 Å².